The summed E-state index contributed by atoms with van der Waals surface area (Å²) in [6.45, 7) is 9.18. The Bertz CT molecular complexity index is 1260. The van der Waals surface area contributed by atoms with Gasteiger partial charge in [-0.15, -0.1) is 0 Å². The van der Waals surface area contributed by atoms with Gasteiger partial charge in [0.25, 0.3) is 5.91 Å². The number of fused-ring (bicyclic) bond motifs is 2. The molecule has 5 heterocycles. The molecule has 3 saturated heterocycles. The molecule has 0 bridgehead atoms. The summed E-state index contributed by atoms with van der Waals surface area (Å²) in [5, 5.41) is 3.54. The highest BCUT2D eigenvalue weighted by molar-refractivity contribution is 7.91. The summed E-state index contributed by atoms with van der Waals surface area (Å²) in [5.74, 6) is 9.58. The first-order valence-electron chi connectivity index (χ1n) is 12.9. The Morgan fingerprint density at radius 2 is 2.00 bits per heavy atom. The molecule has 2 aromatic rings. The Morgan fingerprint density at radius 1 is 1.19 bits per heavy atom. The number of rotatable bonds is 3. The van der Waals surface area contributed by atoms with Gasteiger partial charge in [-0.1, -0.05) is 23.2 Å². The number of carbonyl (C=O) groups is 1. The standard InChI is InChI=1S/C27H32N6O3S/c1-3-4-24(34)32-6-5-21(15-32)33-13-20(14-33)19-11-18(2)25-23(12-19)30-26-22(16-36-25)27(29-17-28-26)31-7-9-37(35)10-8-31/h11-12,17,20-21H,5-10,13-16H2,1-2H3,(H,28,29,30). The van der Waals surface area contributed by atoms with Gasteiger partial charge >= 0.3 is 0 Å². The molecule has 1 N–H and O–H groups in total. The summed E-state index contributed by atoms with van der Waals surface area (Å²) in [6, 6.07) is 4.86. The highest BCUT2D eigenvalue weighted by Crippen LogP contribution is 2.41. The van der Waals surface area contributed by atoms with Crippen LogP contribution in [0.2, 0.25) is 0 Å². The number of nitrogens with one attached hydrogen (secondary N) is 1. The van der Waals surface area contributed by atoms with Crippen molar-refractivity contribution in [2.24, 2.45) is 0 Å². The second-order valence-electron chi connectivity index (χ2n) is 10.2. The maximum absolute atomic E-state index is 12.1. The van der Waals surface area contributed by atoms with Crippen molar-refractivity contribution in [2.45, 2.75) is 38.8 Å². The van der Waals surface area contributed by atoms with E-state index in [-0.39, 0.29) is 5.91 Å². The Morgan fingerprint density at radius 3 is 2.78 bits per heavy atom. The van der Waals surface area contributed by atoms with Gasteiger partial charge in [0.2, 0.25) is 0 Å². The number of amides is 1. The van der Waals surface area contributed by atoms with Crippen LogP contribution in [0, 0.1) is 18.8 Å². The van der Waals surface area contributed by atoms with Crippen LogP contribution in [0.25, 0.3) is 0 Å². The predicted molar refractivity (Wildman–Crippen MR) is 144 cm³/mol. The maximum Gasteiger partial charge on any atom is 0.298 e. The van der Waals surface area contributed by atoms with Crippen molar-refractivity contribution < 1.29 is 14.1 Å². The number of hydrogen-bond acceptors (Lipinski definition) is 8. The van der Waals surface area contributed by atoms with Crippen molar-refractivity contribution in [3.8, 4) is 17.6 Å². The van der Waals surface area contributed by atoms with Crippen molar-refractivity contribution in [1.29, 1.82) is 0 Å². The smallest absolute Gasteiger partial charge is 0.298 e. The number of likely N-dealkylation sites (tertiary alicyclic amines) is 2. The first kappa shape index (κ1) is 24.3. The highest BCUT2D eigenvalue weighted by atomic mass is 32.2. The maximum atomic E-state index is 12.1. The first-order chi connectivity index (χ1) is 18.0. The zero-order valence-corrected chi connectivity index (χ0v) is 22.1. The van der Waals surface area contributed by atoms with E-state index in [0.717, 1.165) is 79.9 Å². The zero-order chi connectivity index (χ0) is 25.5. The van der Waals surface area contributed by atoms with Gasteiger partial charge < -0.3 is 24.4 Å². The summed E-state index contributed by atoms with van der Waals surface area (Å²) < 4.78 is 18.2. The van der Waals surface area contributed by atoms with Gasteiger partial charge in [-0.05, 0) is 43.4 Å². The van der Waals surface area contributed by atoms with E-state index in [1.165, 1.54) is 5.56 Å². The lowest BCUT2D eigenvalue weighted by Gasteiger charge is -2.43. The van der Waals surface area contributed by atoms with Gasteiger partial charge in [0.1, 0.15) is 41.8 Å². The van der Waals surface area contributed by atoms with Crippen LogP contribution < -0.4 is 15.0 Å². The Balaban J connectivity index is 1.16. The molecule has 1 aromatic carbocycles. The van der Waals surface area contributed by atoms with E-state index < -0.39 is 11.2 Å². The van der Waals surface area contributed by atoms with Crippen LogP contribution in [0.15, 0.2) is 18.5 Å². The third kappa shape index (κ3) is 4.72. The molecular weight excluding hydrogens is 488 g/mol. The molecule has 9 nitrogen and oxygen atoms in total. The summed E-state index contributed by atoms with van der Waals surface area (Å²) in [5.41, 5.74) is 4.27. The van der Waals surface area contributed by atoms with Crippen molar-refractivity contribution in [1.82, 2.24) is 19.8 Å². The normalized spacial score (nSPS) is 22.1. The molecule has 0 saturated carbocycles. The molecule has 0 radical (unpaired) electrons. The van der Waals surface area contributed by atoms with Gasteiger partial charge in [0, 0.05) is 38.1 Å². The van der Waals surface area contributed by atoms with Gasteiger partial charge in [-0.25, -0.2) is 9.97 Å². The van der Waals surface area contributed by atoms with Crippen LogP contribution in [-0.4, -0.2) is 87.0 Å². The highest BCUT2D eigenvalue weighted by Gasteiger charge is 2.38. The van der Waals surface area contributed by atoms with Crippen LogP contribution in [0.4, 0.5) is 17.3 Å². The molecule has 0 spiro atoms. The van der Waals surface area contributed by atoms with E-state index in [4.69, 9.17) is 4.74 Å². The number of carbonyl (C=O) groups excluding carboxylic acids is 1. The number of anilines is 3. The minimum absolute atomic E-state index is 0.0583. The zero-order valence-electron chi connectivity index (χ0n) is 21.3. The third-order valence-corrected chi connectivity index (χ3v) is 9.17. The van der Waals surface area contributed by atoms with Gasteiger partial charge in [-0.2, -0.15) is 0 Å². The molecule has 37 heavy (non-hydrogen) atoms. The number of ether oxygens (including phenoxy) is 1. The SMILES string of the molecule is CC#CC(=O)N1CCC(N2CC(c3cc(C)c4c(c3)Nc3ncnc(N5CC[S+]([O-])CC5)c3CO4)C2)C1. The minimum atomic E-state index is -0.745. The van der Waals surface area contributed by atoms with Crippen molar-refractivity contribution in [2.75, 3.05) is 61.0 Å². The summed E-state index contributed by atoms with van der Waals surface area (Å²) in [6.07, 6.45) is 2.61. The summed E-state index contributed by atoms with van der Waals surface area (Å²) in [4.78, 5) is 27.8. The molecule has 3 fully saturated rings. The lowest BCUT2D eigenvalue weighted by Crippen LogP contribution is -2.51. The molecule has 4 aliphatic heterocycles. The minimum Gasteiger partial charge on any atom is -0.616 e. The van der Waals surface area contributed by atoms with E-state index in [2.05, 4.69) is 56.0 Å². The monoisotopic (exact) mass is 520 g/mol. The number of benzene rings is 1. The molecule has 4 aliphatic rings. The lowest BCUT2D eigenvalue weighted by atomic mass is 9.88. The number of aryl methyl sites for hydroxylation is 1. The Kier molecular flexibility index (Phi) is 6.61. The van der Waals surface area contributed by atoms with Crippen LogP contribution in [0.1, 0.15) is 36.0 Å². The second kappa shape index (κ2) is 10.0. The Hall–Kier alpha value is -3.00. The van der Waals surface area contributed by atoms with Crippen LogP contribution in [0.5, 0.6) is 5.75 Å². The molecule has 0 aliphatic carbocycles. The number of hydrogen-bond donors (Lipinski definition) is 1. The van der Waals surface area contributed by atoms with E-state index in [1.807, 2.05) is 4.90 Å². The largest absolute Gasteiger partial charge is 0.616 e. The number of aromatic nitrogens is 2. The molecule has 10 heteroatoms. The Labute approximate surface area is 220 Å². The quantitative estimate of drug-likeness (QED) is 0.485. The van der Waals surface area contributed by atoms with Gasteiger partial charge in [0.05, 0.1) is 24.3 Å². The summed E-state index contributed by atoms with van der Waals surface area (Å²) in [7, 11) is 0. The molecule has 194 valence electrons. The third-order valence-electron chi connectivity index (χ3n) is 7.89. The van der Waals surface area contributed by atoms with Crippen LogP contribution in [-0.2, 0) is 22.6 Å². The van der Waals surface area contributed by atoms with Crippen molar-refractivity contribution in [3.05, 3.63) is 35.2 Å². The fourth-order valence-electron chi connectivity index (χ4n) is 5.79. The fourth-order valence-corrected chi connectivity index (χ4v) is 6.84. The van der Waals surface area contributed by atoms with Crippen LogP contribution in [0.3, 0.4) is 0 Å². The van der Waals surface area contributed by atoms with E-state index >= 15 is 0 Å². The first-order valence-corrected chi connectivity index (χ1v) is 14.4. The molecule has 1 atom stereocenters. The van der Waals surface area contributed by atoms with Gasteiger partial charge in [-0.3, -0.25) is 9.69 Å². The number of nitrogens with zero attached hydrogens (tertiary/aromatic N) is 5. The topological polar surface area (TPSA) is 96.9 Å². The average Bonchev–Trinajstić information content (AvgIpc) is 3.25. The van der Waals surface area contributed by atoms with E-state index in [0.29, 0.717) is 30.1 Å². The average molecular weight is 521 g/mol. The van der Waals surface area contributed by atoms with Crippen LogP contribution >= 0.6 is 0 Å². The van der Waals surface area contributed by atoms with Crippen molar-refractivity contribution in [3.63, 3.8) is 0 Å². The van der Waals surface area contributed by atoms with Gasteiger partial charge in [0.15, 0.2) is 0 Å². The van der Waals surface area contributed by atoms with Crippen molar-refractivity contribution >= 4 is 34.4 Å². The predicted octanol–water partition coefficient (Wildman–Crippen LogP) is 2.01. The second-order valence-corrected chi connectivity index (χ2v) is 11.9. The lowest BCUT2D eigenvalue weighted by molar-refractivity contribution is -0.124. The molecule has 6 rings (SSSR count). The molecule has 1 amide bonds. The summed E-state index contributed by atoms with van der Waals surface area (Å²) >= 11 is -0.745. The fraction of sp³-hybridized carbons (Fsp3) is 0.519. The molecular formula is C27H32N6O3S. The van der Waals surface area contributed by atoms with E-state index in [1.54, 1.807) is 13.3 Å². The molecule has 1 unspecified atom stereocenters. The van der Waals surface area contributed by atoms with E-state index in [9.17, 15) is 9.35 Å². The molecule has 1 aromatic heterocycles.